The van der Waals surface area contributed by atoms with E-state index in [4.69, 9.17) is 11.6 Å². The molecule has 0 aliphatic heterocycles. The van der Waals surface area contributed by atoms with Crippen molar-refractivity contribution in [3.63, 3.8) is 0 Å². The summed E-state index contributed by atoms with van der Waals surface area (Å²) < 4.78 is 30.6. The van der Waals surface area contributed by atoms with E-state index in [1.54, 1.807) is 41.1 Å². The van der Waals surface area contributed by atoms with Crippen LogP contribution in [0.15, 0.2) is 41.6 Å². The Labute approximate surface area is 193 Å². The number of rotatable bonds is 5. The Morgan fingerprint density at radius 3 is 2.66 bits per heavy atom. The molecular formula is C22H27ClN4O4S. The summed E-state index contributed by atoms with van der Waals surface area (Å²) in [6, 6.07) is 6.39. The lowest BCUT2D eigenvalue weighted by Gasteiger charge is -2.26. The Hall–Kier alpha value is -2.46. The highest BCUT2D eigenvalue weighted by Crippen LogP contribution is 2.31. The van der Waals surface area contributed by atoms with Crippen molar-refractivity contribution in [1.82, 2.24) is 14.1 Å². The molecule has 3 aromatic rings. The fourth-order valence-corrected chi connectivity index (χ4v) is 5.60. The van der Waals surface area contributed by atoms with Crippen molar-refractivity contribution in [3.05, 3.63) is 47.2 Å². The zero-order valence-electron chi connectivity index (χ0n) is 17.8. The van der Waals surface area contributed by atoms with Crippen LogP contribution in [0, 0.1) is 6.92 Å². The maximum Gasteiger partial charge on any atom is 0.240 e. The summed E-state index contributed by atoms with van der Waals surface area (Å²) in [5.74, 6) is -0.246. The number of nitrogens with one attached hydrogen (secondary N) is 2. The Bertz CT molecular complexity index is 1290. The Morgan fingerprint density at radius 1 is 1.25 bits per heavy atom. The molecule has 2 heterocycles. The number of carbonyl (C=O) groups is 1. The zero-order chi connectivity index (χ0) is 23.0. The van der Waals surface area contributed by atoms with Crippen LogP contribution in [-0.4, -0.2) is 41.0 Å². The van der Waals surface area contributed by atoms with Gasteiger partial charge in [-0.3, -0.25) is 9.20 Å². The van der Waals surface area contributed by atoms with Crippen LogP contribution >= 0.6 is 11.6 Å². The standard InChI is InChI=1S/C22H25ClN4O4S.H2/c1-13-3-8-18(32(30,31)26-16-4-6-17(29)7-5-16)10-19(13)21-11-24-22-20(25-14(2)28)9-15(23)12-27(21)22;/h3,8-12,16-17,26,29H,4-7H2,1-2H3,(H,25,28);1H. The Morgan fingerprint density at radius 2 is 1.97 bits per heavy atom. The number of aromatic nitrogens is 2. The van der Waals surface area contributed by atoms with Crippen molar-refractivity contribution in [2.75, 3.05) is 5.32 Å². The van der Waals surface area contributed by atoms with Crippen LogP contribution < -0.4 is 10.0 Å². The van der Waals surface area contributed by atoms with Crippen molar-refractivity contribution in [2.45, 2.75) is 56.6 Å². The number of halogens is 1. The van der Waals surface area contributed by atoms with Gasteiger partial charge in [0.1, 0.15) is 0 Å². The smallest absolute Gasteiger partial charge is 0.240 e. The van der Waals surface area contributed by atoms with Crippen LogP contribution in [0.1, 0.15) is 39.6 Å². The predicted octanol–water partition coefficient (Wildman–Crippen LogP) is 3.75. The van der Waals surface area contributed by atoms with Crippen molar-refractivity contribution in [3.8, 4) is 11.3 Å². The number of aryl methyl sites for hydroxylation is 1. The topological polar surface area (TPSA) is 113 Å². The second-order valence-electron chi connectivity index (χ2n) is 8.19. The number of benzene rings is 1. The molecule has 0 spiro atoms. The third-order valence-corrected chi connectivity index (χ3v) is 7.42. The number of imidazole rings is 1. The number of pyridine rings is 1. The molecule has 1 aliphatic carbocycles. The molecule has 1 amide bonds. The molecule has 8 nitrogen and oxygen atoms in total. The first-order valence-corrected chi connectivity index (χ1v) is 12.3. The van der Waals surface area contributed by atoms with Crippen molar-refractivity contribution < 1.29 is 19.7 Å². The SMILES string of the molecule is CC(=O)Nc1cc(Cl)cn2c(-c3cc(S(=O)(=O)NC4CCC(O)CC4)ccc3C)cnc12.[HH]. The first kappa shape index (κ1) is 22.7. The fraction of sp³-hybridized carbons (Fsp3) is 0.364. The fourth-order valence-electron chi connectivity index (χ4n) is 4.06. The number of fused-ring (bicyclic) bond motifs is 1. The maximum absolute atomic E-state index is 13.0. The summed E-state index contributed by atoms with van der Waals surface area (Å²) in [5.41, 5.74) is 3.19. The van der Waals surface area contributed by atoms with Gasteiger partial charge in [-0.1, -0.05) is 17.7 Å². The van der Waals surface area contributed by atoms with Gasteiger partial charge in [0.15, 0.2) is 5.65 Å². The van der Waals surface area contributed by atoms with Gasteiger partial charge in [0.2, 0.25) is 15.9 Å². The molecule has 1 fully saturated rings. The normalized spacial score (nSPS) is 19.2. The molecule has 1 aromatic carbocycles. The number of nitrogens with zero attached hydrogens (tertiary/aromatic N) is 2. The summed E-state index contributed by atoms with van der Waals surface area (Å²) in [5, 5.41) is 12.8. The molecule has 172 valence electrons. The van der Waals surface area contributed by atoms with Gasteiger partial charge in [-0.2, -0.15) is 0 Å². The highest BCUT2D eigenvalue weighted by molar-refractivity contribution is 7.89. The zero-order valence-corrected chi connectivity index (χ0v) is 19.4. The van der Waals surface area contributed by atoms with E-state index in [9.17, 15) is 18.3 Å². The molecule has 4 rings (SSSR count). The number of hydrogen-bond acceptors (Lipinski definition) is 5. The first-order valence-electron chi connectivity index (χ1n) is 10.4. The first-order chi connectivity index (χ1) is 15.1. The number of carbonyl (C=O) groups excluding carboxylic acids is 1. The van der Waals surface area contributed by atoms with Gasteiger partial charge in [0, 0.05) is 26.2 Å². The summed E-state index contributed by atoms with van der Waals surface area (Å²) in [6.45, 7) is 3.29. The van der Waals surface area contributed by atoms with E-state index in [2.05, 4.69) is 15.0 Å². The van der Waals surface area contributed by atoms with Gasteiger partial charge in [0.05, 0.1) is 33.6 Å². The molecule has 0 saturated heterocycles. The molecule has 0 radical (unpaired) electrons. The molecule has 3 N–H and O–H groups in total. The van der Waals surface area contributed by atoms with Gasteiger partial charge in [-0.25, -0.2) is 18.1 Å². The van der Waals surface area contributed by atoms with Gasteiger partial charge in [-0.05, 0) is 56.4 Å². The summed E-state index contributed by atoms with van der Waals surface area (Å²) in [4.78, 5) is 16.1. The van der Waals surface area contributed by atoms with Gasteiger partial charge < -0.3 is 10.4 Å². The number of amides is 1. The molecule has 1 aliphatic rings. The molecule has 10 heteroatoms. The van der Waals surface area contributed by atoms with E-state index < -0.39 is 10.0 Å². The van der Waals surface area contributed by atoms with Crippen LogP contribution in [0.2, 0.25) is 5.02 Å². The van der Waals surface area contributed by atoms with Crippen molar-refractivity contribution in [2.24, 2.45) is 0 Å². The van der Waals surface area contributed by atoms with E-state index in [1.807, 2.05) is 6.92 Å². The average Bonchev–Trinajstić information content (AvgIpc) is 3.13. The summed E-state index contributed by atoms with van der Waals surface area (Å²) >= 11 is 6.26. The quantitative estimate of drug-likeness (QED) is 0.517. The minimum Gasteiger partial charge on any atom is -0.393 e. The lowest BCUT2D eigenvalue weighted by atomic mass is 9.94. The highest BCUT2D eigenvalue weighted by atomic mass is 35.5. The van der Waals surface area contributed by atoms with Crippen LogP contribution in [0.25, 0.3) is 16.9 Å². The Balaban J connectivity index is 0.00000306. The van der Waals surface area contributed by atoms with Gasteiger partial charge in [-0.15, -0.1) is 0 Å². The average molecular weight is 479 g/mol. The molecule has 0 unspecified atom stereocenters. The van der Waals surface area contributed by atoms with Gasteiger partial charge in [0.25, 0.3) is 0 Å². The van der Waals surface area contributed by atoms with Crippen LogP contribution in [-0.2, 0) is 14.8 Å². The molecule has 2 aromatic heterocycles. The minimum absolute atomic E-state index is 0. The minimum atomic E-state index is -3.74. The van der Waals surface area contributed by atoms with E-state index in [0.29, 0.717) is 53.3 Å². The molecule has 0 bridgehead atoms. The second kappa shape index (κ2) is 8.82. The van der Waals surface area contributed by atoms with E-state index in [1.165, 1.54) is 6.92 Å². The number of sulfonamides is 1. The van der Waals surface area contributed by atoms with E-state index >= 15 is 0 Å². The lowest BCUT2D eigenvalue weighted by molar-refractivity contribution is -0.114. The largest absolute Gasteiger partial charge is 0.393 e. The number of aliphatic hydroxyl groups is 1. The lowest BCUT2D eigenvalue weighted by Crippen LogP contribution is -2.38. The Kier molecular flexibility index (Phi) is 6.26. The number of aliphatic hydroxyl groups excluding tert-OH is 1. The third kappa shape index (κ3) is 4.66. The molecule has 1 saturated carbocycles. The second-order valence-corrected chi connectivity index (χ2v) is 10.3. The predicted molar refractivity (Wildman–Crippen MR) is 125 cm³/mol. The van der Waals surface area contributed by atoms with Crippen molar-refractivity contribution in [1.29, 1.82) is 0 Å². The maximum atomic E-state index is 13.0. The van der Waals surface area contributed by atoms with Crippen molar-refractivity contribution >= 4 is 38.9 Å². The monoisotopic (exact) mass is 478 g/mol. The molecule has 32 heavy (non-hydrogen) atoms. The summed E-state index contributed by atoms with van der Waals surface area (Å²) in [6.07, 6.45) is 5.35. The van der Waals surface area contributed by atoms with Crippen LogP contribution in [0.3, 0.4) is 0 Å². The summed E-state index contributed by atoms with van der Waals surface area (Å²) in [7, 11) is -3.74. The molecular weight excluding hydrogens is 452 g/mol. The van der Waals surface area contributed by atoms with Crippen LogP contribution in [0.4, 0.5) is 5.69 Å². The van der Waals surface area contributed by atoms with Gasteiger partial charge >= 0.3 is 0 Å². The number of anilines is 1. The third-order valence-electron chi connectivity index (χ3n) is 5.70. The molecule has 0 atom stereocenters. The highest BCUT2D eigenvalue weighted by Gasteiger charge is 2.25. The number of hydrogen-bond donors (Lipinski definition) is 3. The van der Waals surface area contributed by atoms with Crippen LogP contribution in [0.5, 0.6) is 0 Å². The van der Waals surface area contributed by atoms with E-state index in [-0.39, 0.29) is 24.4 Å². The van der Waals surface area contributed by atoms with E-state index in [0.717, 1.165) is 5.56 Å².